The van der Waals surface area contributed by atoms with Crippen molar-refractivity contribution in [3.8, 4) is 0 Å². The highest BCUT2D eigenvalue weighted by atomic mass is 16.3. The molecule has 0 heterocycles. The van der Waals surface area contributed by atoms with E-state index in [1.807, 2.05) is 0 Å². The number of hydrogen-bond acceptors (Lipinski definition) is 3. The van der Waals surface area contributed by atoms with E-state index in [0.717, 1.165) is 6.54 Å². The third-order valence-electron chi connectivity index (χ3n) is 4.66. The smallest absolute Gasteiger partial charge is 0.0628 e. The van der Waals surface area contributed by atoms with Crippen LogP contribution in [0.5, 0.6) is 0 Å². The molecule has 2 unspecified atom stereocenters. The van der Waals surface area contributed by atoms with Crippen LogP contribution in [0.25, 0.3) is 0 Å². The summed E-state index contributed by atoms with van der Waals surface area (Å²) in [6.07, 6.45) is 2.50. The maximum absolute atomic E-state index is 9.98. The first-order valence-electron chi connectivity index (χ1n) is 7.71. The van der Waals surface area contributed by atoms with Gasteiger partial charge in [-0.15, -0.1) is 0 Å². The maximum atomic E-state index is 9.98. The van der Waals surface area contributed by atoms with Gasteiger partial charge >= 0.3 is 0 Å². The molecule has 3 heteroatoms. The number of nitrogens with one attached hydrogen (secondary N) is 1. The van der Waals surface area contributed by atoms with E-state index < -0.39 is 0 Å². The van der Waals surface area contributed by atoms with Crippen LogP contribution in [0.1, 0.15) is 54.4 Å². The van der Waals surface area contributed by atoms with Crippen LogP contribution < -0.4 is 5.32 Å². The Hall–Kier alpha value is -0.120. The van der Waals surface area contributed by atoms with Crippen molar-refractivity contribution in [3.63, 3.8) is 0 Å². The fraction of sp³-hybridized carbons (Fsp3) is 1.00. The third-order valence-corrected chi connectivity index (χ3v) is 4.66. The first-order valence-corrected chi connectivity index (χ1v) is 7.71. The highest BCUT2D eigenvalue weighted by Crippen LogP contribution is 2.41. The second-order valence-corrected chi connectivity index (χ2v) is 7.84. The number of nitrogens with zero attached hydrogens (tertiary/aromatic N) is 1. The molecule has 1 aliphatic carbocycles. The van der Waals surface area contributed by atoms with Gasteiger partial charge in [-0.2, -0.15) is 0 Å². The van der Waals surface area contributed by atoms with Crippen LogP contribution in [0.2, 0.25) is 0 Å². The fourth-order valence-corrected chi connectivity index (χ4v) is 2.97. The molecule has 0 radical (unpaired) electrons. The van der Waals surface area contributed by atoms with Crippen LogP contribution in [0.4, 0.5) is 0 Å². The SMILES string of the molecule is CC(C)NC(CO)(CN(C)C(C)C(C)(C)C)C1CC1. The monoisotopic (exact) mass is 270 g/mol. The van der Waals surface area contributed by atoms with Gasteiger partial charge in [-0.1, -0.05) is 34.6 Å². The van der Waals surface area contributed by atoms with E-state index in [1.54, 1.807) is 0 Å². The lowest BCUT2D eigenvalue weighted by Gasteiger charge is -2.43. The Balaban J connectivity index is 2.77. The first-order chi connectivity index (χ1) is 8.62. The number of rotatable bonds is 7. The molecule has 19 heavy (non-hydrogen) atoms. The molecule has 114 valence electrons. The van der Waals surface area contributed by atoms with Gasteiger partial charge in [0.05, 0.1) is 12.1 Å². The molecule has 2 N–H and O–H groups in total. The molecule has 0 amide bonds. The highest BCUT2D eigenvalue weighted by molar-refractivity contribution is 5.04. The van der Waals surface area contributed by atoms with Gasteiger partial charge in [0.25, 0.3) is 0 Å². The van der Waals surface area contributed by atoms with Gasteiger partial charge < -0.3 is 15.3 Å². The Bertz CT molecular complexity index is 281. The van der Waals surface area contributed by atoms with Gasteiger partial charge in [-0.3, -0.25) is 0 Å². The molecule has 0 aliphatic heterocycles. The van der Waals surface area contributed by atoms with E-state index >= 15 is 0 Å². The van der Waals surface area contributed by atoms with E-state index in [4.69, 9.17) is 0 Å². The van der Waals surface area contributed by atoms with Gasteiger partial charge in [-0.25, -0.2) is 0 Å². The van der Waals surface area contributed by atoms with Crippen molar-refractivity contribution in [2.45, 2.75) is 72.0 Å². The summed E-state index contributed by atoms with van der Waals surface area (Å²) < 4.78 is 0. The summed E-state index contributed by atoms with van der Waals surface area (Å²) in [4.78, 5) is 2.41. The standard InChI is InChI=1S/C16H34N2O/c1-12(2)17-16(11-19,14-8-9-14)10-18(7)13(3)15(4,5)6/h12-14,17,19H,8-11H2,1-7H3. The molecule has 2 atom stereocenters. The zero-order valence-corrected chi connectivity index (χ0v) is 14.0. The molecule has 3 nitrogen and oxygen atoms in total. The summed E-state index contributed by atoms with van der Waals surface area (Å²) >= 11 is 0. The average molecular weight is 270 g/mol. The van der Waals surface area contributed by atoms with Gasteiger partial charge in [-0.05, 0) is 38.1 Å². The van der Waals surface area contributed by atoms with Crippen molar-refractivity contribution in [2.24, 2.45) is 11.3 Å². The van der Waals surface area contributed by atoms with Crippen molar-refractivity contribution in [1.29, 1.82) is 0 Å². The summed E-state index contributed by atoms with van der Waals surface area (Å²) in [6, 6.07) is 0.900. The Morgan fingerprint density at radius 3 is 2.05 bits per heavy atom. The number of likely N-dealkylation sites (N-methyl/N-ethyl adjacent to an activating group) is 1. The molecule has 0 bridgehead atoms. The van der Waals surface area contributed by atoms with Crippen molar-refractivity contribution >= 4 is 0 Å². The molecule has 1 fully saturated rings. The number of hydrogen-bond donors (Lipinski definition) is 2. The second-order valence-electron chi connectivity index (χ2n) is 7.84. The van der Waals surface area contributed by atoms with Crippen LogP contribution in [-0.2, 0) is 0 Å². The minimum atomic E-state index is -0.123. The molecule has 0 spiro atoms. The minimum absolute atomic E-state index is 0.123. The van der Waals surface area contributed by atoms with Crippen LogP contribution in [0.3, 0.4) is 0 Å². The molecule has 0 aromatic carbocycles. The van der Waals surface area contributed by atoms with Crippen LogP contribution in [0, 0.1) is 11.3 Å². The summed E-state index contributed by atoms with van der Waals surface area (Å²) in [5.74, 6) is 0.634. The molecule has 1 saturated carbocycles. The van der Waals surface area contributed by atoms with E-state index in [-0.39, 0.29) is 17.6 Å². The van der Waals surface area contributed by atoms with E-state index in [1.165, 1.54) is 12.8 Å². The van der Waals surface area contributed by atoms with Gasteiger partial charge in [0.1, 0.15) is 0 Å². The lowest BCUT2D eigenvalue weighted by molar-refractivity contribution is 0.0536. The summed E-state index contributed by atoms with van der Waals surface area (Å²) in [5, 5.41) is 13.6. The second kappa shape index (κ2) is 6.11. The molecular weight excluding hydrogens is 236 g/mol. The predicted molar refractivity (Wildman–Crippen MR) is 82.4 cm³/mol. The normalized spacial score (nSPS) is 21.8. The van der Waals surface area contributed by atoms with Gasteiger partial charge in [0.2, 0.25) is 0 Å². The fourth-order valence-electron chi connectivity index (χ4n) is 2.97. The Morgan fingerprint density at radius 1 is 1.21 bits per heavy atom. The van der Waals surface area contributed by atoms with Crippen molar-refractivity contribution in [1.82, 2.24) is 10.2 Å². The predicted octanol–water partition coefficient (Wildman–Crippen LogP) is 2.49. The van der Waals surface area contributed by atoms with Gasteiger partial charge in [0.15, 0.2) is 0 Å². The summed E-state index contributed by atoms with van der Waals surface area (Å²) in [5.41, 5.74) is 0.139. The molecule has 1 aliphatic rings. The average Bonchev–Trinajstić information content (AvgIpc) is 3.08. The lowest BCUT2D eigenvalue weighted by atomic mass is 9.85. The van der Waals surface area contributed by atoms with E-state index in [2.05, 4.69) is 58.8 Å². The molecule has 0 aromatic heterocycles. The molecule has 1 rings (SSSR count). The van der Waals surface area contributed by atoms with Crippen LogP contribution in [0.15, 0.2) is 0 Å². The Morgan fingerprint density at radius 2 is 1.74 bits per heavy atom. The zero-order valence-electron chi connectivity index (χ0n) is 14.0. The minimum Gasteiger partial charge on any atom is -0.394 e. The first kappa shape index (κ1) is 16.9. The Labute approximate surface area is 119 Å². The van der Waals surface area contributed by atoms with E-state index in [9.17, 15) is 5.11 Å². The lowest BCUT2D eigenvalue weighted by Crippen LogP contribution is -2.61. The quantitative estimate of drug-likeness (QED) is 0.746. The highest BCUT2D eigenvalue weighted by Gasteiger charge is 2.46. The summed E-state index contributed by atoms with van der Waals surface area (Å²) in [6.45, 7) is 14.6. The Kier molecular flexibility index (Phi) is 5.44. The summed E-state index contributed by atoms with van der Waals surface area (Å²) in [7, 11) is 2.19. The molecular formula is C16H34N2O. The largest absolute Gasteiger partial charge is 0.394 e. The zero-order chi connectivity index (χ0) is 14.8. The van der Waals surface area contributed by atoms with Crippen molar-refractivity contribution in [3.05, 3.63) is 0 Å². The van der Waals surface area contributed by atoms with Gasteiger partial charge in [0, 0.05) is 18.6 Å². The van der Waals surface area contributed by atoms with Crippen LogP contribution in [-0.4, -0.2) is 47.8 Å². The number of aliphatic hydroxyl groups excluding tert-OH is 1. The van der Waals surface area contributed by atoms with Crippen LogP contribution >= 0.6 is 0 Å². The topological polar surface area (TPSA) is 35.5 Å². The number of aliphatic hydroxyl groups is 1. The van der Waals surface area contributed by atoms with Crippen molar-refractivity contribution < 1.29 is 5.11 Å². The molecule has 0 saturated heterocycles. The third kappa shape index (κ3) is 4.44. The molecule has 0 aromatic rings. The maximum Gasteiger partial charge on any atom is 0.0628 e. The van der Waals surface area contributed by atoms with Crippen molar-refractivity contribution in [2.75, 3.05) is 20.2 Å². The van der Waals surface area contributed by atoms with E-state index in [0.29, 0.717) is 18.0 Å².